The van der Waals surface area contributed by atoms with Gasteiger partial charge in [0.2, 0.25) is 11.9 Å². The van der Waals surface area contributed by atoms with Gasteiger partial charge in [0.25, 0.3) is 10.0 Å². The van der Waals surface area contributed by atoms with Crippen LogP contribution in [0.1, 0.15) is 29.8 Å². The molecule has 0 saturated carbocycles. The van der Waals surface area contributed by atoms with Crippen LogP contribution in [0.5, 0.6) is 0 Å². The van der Waals surface area contributed by atoms with E-state index in [9.17, 15) is 13.2 Å². The van der Waals surface area contributed by atoms with Gasteiger partial charge in [-0.1, -0.05) is 17.7 Å². The van der Waals surface area contributed by atoms with Crippen LogP contribution in [0.25, 0.3) is 11.0 Å². The number of nitrogens with zero attached hydrogens (tertiary/aromatic N) is 3. The molecule has 0 bridgehead atoms. The third kappa shape index (κ3) is 4.51. The zero-order chi connectivity index (χ0) is 23.8. The molecule has 0 radical (unpaired) electrons. The molecule has 0 aliphatic rings. The predicted molar refractivity (Wildman–Crippen MR) is 128 cm³/mol. The summed E-state index contributed by atoms with van der Waals surface area (Å²) >= 11 is 0. The lowest BCUT2D eigenvalue weighted by Gasteiger charge is -2.14. The van der Waals surface area contributed by atoms with Gasteiger partial charge in [0.15, 0.2) is 5.65 Å². The van der Waals surface area contributed by atoms with Gasteiger partial charge in [-0.3, -0.25) is 4.79 Å². The molecule has 0 atom stereocenters. The molecule has 2 aromatic carbocycles. The average Bonchev–Trinajstić information content (AvgIpc) is 3.19. The molecule has 2 aromatic heterocycles. The van der Waals surface area contributed by atoms with Crippen molar-refractivity contribution in [3.05, 3.63) is 71.9 Å². The maximum absolute atomic E-state index is 13.3. The first kappa shape index (κ1) is 22.3. The van der Waals surface area contributed by atoms with E-state index in [1.165, 1.54) is 6.20 Å². The van der Waals surface area contributed by atoms with Gasteiger partial charge in [0, 0.05) is 23.5 Å². The van der Waals surface area contributed by atoms with Crippen LogP contribution < -0.4 is 16.4 Å². The first-order valence-electron chi connectivity index (χ1n) is 10.3. The Kier molecular flexibility index (Phi) is 5.77. The summed E-state index contributed by atoms with van der Waals surface area (Å²) in [6, 6.07) is 14.9. The van der Waals surface area contributed by atoms with E-state index in [2.05, 4.69) is 20.6 Å². The fourth-order valence-corrected chi connectivity index (χ4v) is 4.59. The van der Waals surface area contributed by atoms with Gasteiger partial charge in [0.05, 0.1) is 10.3 Å². The van der Waals surface area contributed by atoms with Crippen LogP contribution in [-0.2, 0) is 10.0 Å². The largest absolute Gasteiger partial charge is 0.367 e. The van der Waals surface area contributed by atoms with E-state index in [1.807, 2.05) is 20.8 Å². The number of amides is 1. The zero-order valence-corrected chi connectivity index (χ0v) is 19.2. The first-order valence-corrected chi connectivity index (χ1v) is 11.7. The van der Waals surface area contributed by atoms with Gasteiger partial charge in [-0.05, 0) is 63.2 Å². The number of anilines is 3. The van der Waals surface area contributed by atoms with E-state index in [0.717, 1.165) is 9.54 Å². The summed E-state index contributed by atoms with van der Waals surface area (Å²) in [5.74, 6) is 0.183. The lowest BCUT2D eigenvalue weighted by Crippen LogP contribution is -2.15. The molecule has 0 saturated heterocycles. The highest BCUT2D eigenvalue weighted by Gasteiger charge is 2.22. The fourth-order valence-electron chi connectivity index (χ4n) is 3.30. The van der Waals surface area contributed by atoms with Crippen LogP contribution in [0.2, 0.25) is 0 Å². The third-order valence-corrected chi connectivity index (χ3v) is 6.62. The van der Waals surface area contributed by atoms with Crippen LogP contribution in [0.15, 0.2) is 65.7 Å². The highest BCUT2D eigenvalue weighted by Crippen LogP contribution is 2.28. The van der Waals surface area contributed by atoms with Crippen LogP contribution in [0, 0.1) is 6.92 Å². The second-order valence-corrected chi connectivity index (χ2v) is 9.74. The van der Waals surface area contributed by atoms with Gasteiger partial charge in [-0.2, -0.15) is 9.97 Å². The number of aromatic nitrogens is 3. The minimum Gasteiger partial charge on any atom is -0.367 e. The van der Waals surface area contributed by atoms with Gasteiger partial charge in [0.1, 0.15) is 5.82 Å². The van der Waals surface area contributed by atoms with Crippen LogP contribution in [0.4, 0.5) is 17.5 Å². The number of aryl methyl sites for hydroxylation is 1. The molecule has 10 heteroatoms. The summed E-state index contributed by atoms with van der Waals surface area (Å²) < 4.78 is 27.8. The summed E-state index contributed by atoms with van der Waals surface area (Å²) in [7, 11) is -3.87. The predicted octanol–water partition coefficient (Wildman–Crippen LogP) is 3.64. The quantitative estimate of drug-likeness (QED) is 0.380. The Labute approximate surface area is 191 Å². The molecule has 2 heterocycles. The summed E-state index contributed by atoms with van der Waals surface area (Å²) in [6.45, 7) is 5.82. The Morgan fingerprint density at radius 3 is 2.27 bits per heavy atom. The summed E-state index contributed by atoms with van der Waals surface area (Å²) in [5, 5.41) is 6.90. The molecular weight excluding hydrogens is 440 g/mol. The first-order chi connectivity index (χ1) is 15.6. The fraction of sp³-hybridized carbons (Fsp3) is 0.174. The SMILES string of the molecule is Cc1ccc(S(=O)(=O)n2ccc3c(NC(C)C)nc(Nc4ccc(C(N)=O)cc4)nc32)cc1. The number of hydrogen-bond acceptors (Lipinski definition) is 7. The molecule has 170 valence electrons. The van der Waals surface area contributed by atoms with Gasteiger partial charge in [-0.25, -0.2) is 12.4 Å². The van der Waals surface area contributed by atoms with E-state index < -0.39 is 15.9 Å². The Bertz CT molecular complexity index is 1430. The summed E-state index contributed by atoms with van der Waals surface area (Å²) in [6.07, 6.45) is 1.48. The van der Waals surface area contributed by atoms with Gasteiger partial charge >= 0.3 is 0 Å². The van der Waals surface area contributed by atoms with Crippen molar-refractivity contribution in [3.8, 4) is 0 Å². The lowest BCUT2D eigenvalue weighted by atomic mass is 10.2. The molecule has 0 fully saturated rings. The van der Waals surface area contributed by atoms with Crippen molar-refractivity contribution in [2.45, 2.75) is 31.7 Å². The monoisotopic (exact) mass is 464 g/mol. The van der Waals surface area contributed by atoms with Crippen LogP contribution >= 0.6 is 0 Å². The van der Waals surface area contributed by atoms with Crippen molar-refractivity contribution in [3.63, 3.8) is 0 Å². The maximum atomic E-state index is 13.3. The van der Waals surface area contributed by atoms with Crippen molar-refractivity contribution < 1.29 is 13.2 Å². The van der Waals surface area contributed by atoms with Crippen LogP contribution in [0.3, 0.4) is 0 Å². The van der Waals surface area contributed by atoms with Crippen molar-refractivity contribution in [2.24, 2.45) is 5.73 Å². The van der Waals surface area contributed by atoms with Crippen molar-refractivity contribution in [1.29, 1.82) is 0 Å². The number of fused-ring (bicyclic) bond motifs is 1. The lowest BCUT2D eigenvalue weighted by molar-refractivity contribution is 0.100. The van der Waals surface area contributed by atoms with Crippen molar-refractivity contribution in [2.75, 3.05) is 10.6 Å². The van der Waals surface area contributed by atoms with E-state index in [-0.39, 0.29) is 22.5 Å². The van der Waals surface area contributed by atoms with Crippen LogP contribution in [-0.4, -0.2) is 34.3 Å². The topological polar surface area (TPSA) is 132 Å². The average molecular weight is 465 g/mol. The van der Waals surface area contributed by atoms with Gasteiger partial charge in [-0.15, -0.1) is 0 Å². The molecule has 1 amide bonds. The summed E-state index contributed by atoms with van der Waals surface area (Å²) in [5.41, 5.74) is 7.49. The van der Waals surface area contributed by atoms with Crippen molar-refractivity contribution in [1.82, 2.24) is 13.9 Å². The minimum absolute atomic E-state index is 0.0582. The van der Waals surface area contributed by atoms with Gasteiger partial charge < -0.3 is 16.4 Å². The summed E-state index contributed by atoms with van der Waals surface area (Å²) in [4.78, 5) is 20.5. The van der Waals surface area contributed by atoms with E-state index in [4.69, 9.17) is 5.73 Å². The number of carbonyl (C=O) groups excluding carboxylic acids is 1. The number of primary amides is 1. The number of hydrogen-bond donors (Lipinski definition) is 3. The number of benzene rings is 2. The standard InChI is InChI=1S/C23H24N6O3S/c1-14(2)25-21-19-12-13-29(33(31,32)18-10-4-15(3)5-11-18)22(19)28-23(27-21)26-17-8-6-16(7-9-17)20(24)30/h4-14H,1-3H3,(H2,24,30)(H2,25,26,27,28). The molecule has 4 rings (SSSR count). The Morgan fingerprint density at radius 1 is 1.00 bits per heavy atom. The van der Waals surface area contributed by atoms with Crippen molar-refractivity contribution >= 4 is 44.4 Å². The number of nitrogens with two attached hydrogens (primary N) is 1. The molecule has 0 spiro atoms. The molecule has 33 heavy (non-hydrogen) atoms. The number of rotatable bonds is 7. The zero-order valence-electron chi connectivity index (χ0n) is 18.4. The number of nitrogens with one attached hydrogen (secondary N) is 2. The second kappa shape index (κ2) is 8.55. The molecule has 9 nitrogen and oxygen atoms in total. The van der Waals surface area contributed by atoms with E-state index in [1.54, 1.807) is 54.6 Å². The van der Waals surface area contributed by atoms with E-state index >= 15 is 0 Å². The molecule has 4 N–H and O–H groups in total. The highest BCUT2D eigenvalue weighted by molar-refractivity contribution is 7.90. The van der Waals surface area contributed by atoms with E-state index in [0.29, 0.717) is 22.5 Å². The molecular formula is C23H24N6O3S. The molecule has 0 aliphatic heterocycles. The highest BCUT2D eigenvalue weighted by atomic mass is 32.2. The maximum Gasteiger partial charge on any atom is 0.269 e. The molecule has 0 unspecified atom stereocenters. The molecule has 0 aliphatic carbocycles. The third-order valence-electron chi connectivity index (χ3n) is 4.94. The number of carbonyl (C=O) groups is 1. The Hall–Kier alpha value is -3.92. The molecule has 4 aromatic rings. The second-order valence-electron chi connectivity index (χ2n) is 7.93. The smallest absolute Gasteiger partial charge is 0.269 e. The Balaban J connectivity index is 1.82. The Morgan fingerprint density at radius 2 is 1.67 bits per heavy atom. The minimum atomic E-state index is -3.87. The normalized spacial score (nSPS) is 11.6.